The average Bonchev–Trinajstić information content (AvgIpc) is 3.30. The highest BCUT2D eigenvalue weighted by Crippen LogP contribution is 2.20. The third-order valence-electron chi connectivity index (χ3n) is 6.02. The molecule has 0 fully saturated rings. The number of hydrogen-bond donors (Lipinski definition) is 1. The van der Waals surface area contributed by atoms with Crippen molar-refractivity contribution in [2.45, 2.75) is 32.9 Å². The number of thiocarbonyl (C=S) groups is 1. The van der Waals surface area contributed by atoms with Crippen LogP contribution in [-0.4, -0.2) is 21.1 Å². The lowest BCUT2D eigenvalue weighted by atomic mass is 10.1. The van der Waals surface area contributed by atoms with E-state index in [1.807, 2.05) is 24.4 Å². The van der Waals surface area contributed by atoms with Gasteiger partial charge in [0.05, 0.1) is 6.54 Å². The number of nitrogens with one attached hydrogen (secondary N) is 1. The Hall–Kier alpha value is -3.15. The predicted molar refractivity (Wildman–Crippen MR) is 148 cm³/mol. The van der Waals surface area contributed by atoms with Gasteiger partial charge in [-0.3, -0.25) is 0 Å². The fraction of sp³-hybridized carbons (Fsp3) is 0.207. The van der Waals surface area contributed by atoms with E-state index in [1.54, 1.807) is 6.07 Å². The Morgan fingerprint density at radius 3 is 2.54 bits per heavy atom. The van der Waals surface area contributed by atoms with Gasteiger partial charge in [0.1, 0.15) is 5.82 Å². The highest BCUT2D eigenvalue weighted by molar-refractivity contribution is 7.80. The van der Waals surface area contributed by atoms with Crippen molar-refractivity contribution in [3.8, 4) is 0 Å². The van der Waals surface area contributed by atoms with Crippen LogP contribution in [0.2, 0.25) is 5.02 Å². The summed E-state index contributed by atoms with van der Waals surface area (Å²) in [6.45, 7) is 4.11. The van der Waals surface area contributed by atoms with Gasteiger partial charge in [0, 0.05) is 35.7 Å². The van der Waals surface area contributed by atoms with Gasteiger partial charge in [0.2, 0.25) is 0 Å². The van der Waals surface area contributed by atoms with Crippen molar-refractivity contribution >= 4 is 34.6 Å². The quantitative estimate of drug-likeness (QED) is 0.240. The molecule has 1 heterocycles. The molecule has 6 heteroatoms. The largest absolute Gasteiger partial charge is 0.345 e. The first-order valence-electron chi connectivity index (χ1n) is 11.8. The normalized spacial score (nSPS) is 10.8. The Bertz CT molecular complexity index is 1270. The number of anilines is 1. The number of halogens is 2. The number of aryl methyl sites for hydroxylation is 1. The maximum Gasteiger partial charge on any atom is 0.173 e. The molecule has 0 bridgehead atoms. The highest BCUT2D eigenvalue weighted by Gasteiger charge is 2.14. The molecule has 0 saturated carbocycles. The van der Waals surface area contributed by atoms with E-state index in [4.69, 9.17) is 23.8 Å². The molecule has 0 spiro atoms. The molecule has 35 heavy (non-hydrogen) atoms. The van der Waals surface area contributed by atoms with Crippen molar-refractivity contribution in [3.63, 3.8) is 0 Å². The molecule has 0 amide bonds. The van der Waals surface area contributed by atoms with Crippen LogP contribution in [0.5, 0.6) is 0 Å². The zero-order valence-electron chi connectivity index (χ0n) is 19.8. The molecule has 180 valence electrons. The van der Waals surface area contributed by atoms with E-state index in [0.717, 1.165) is 36.3 Å². The summed E-state index contributed by atoms with van der Waals surface area (Å²) < 4.78 is 15.6. The van der Waals surface area contributed by atoms with Gasteiger partial charge >= 0.3 is 0 Å². The summed E-state index contributed by atoms with van der Waals surface area (Å²) in [5.41, 5.74) is 5.50. The second kappa shape index (κ2) is 12.0. The molecule has 4 aromatic rings. The molecule has 3 nitrogen and oxygen atoms in total. The second-order valence-corrected chi connectivity index (χ2v) is 9.30. The van der Waals surface area contributed by atoms with Gasteiger partial charge < -0.3 is 14.8 Å². The van der Waals surface area contributed by atoms with Crippen LogP contribution in [0.25, 0.3) is 0 Å². The molecule has 0 saturated heterocycles. The van der Waals surface area contributed by atoms with Crippen LogP contribution >= 0.6 is 23.8 Å². The van der Waals surface area contributed by atoms with Crippen LogP contribution in [0, 0.1) is 5.82 Å². The average molecular weight is 506 g/mol. The minimum atomic E-state index is -0.331. The Kier molecular flexibility index (Phi) is 8.56. The first-order chi connectivity index (χ1) is 17.0. The summed E-state index contributed by atoms with van der Waals surface area (Å²) in [6, 6.07) is 27.4. The summed E-state index contributed by atoms with van der Waals surface area (Å²) in [5.74, 6) is -0.331. The lowest BCUT2D eigenvalue weighted by Gasteiger charge is -2.27. The lowest BCUT2D eigenvalue weighted by Crippen LogP contribution is -2.36. The first-order valence-corrected chi connectivity index (χ1v) is 12.6. The van der Waals surface area contributed by atoms with Gasteiger partial charge in [0.25, 0.3) is 0 Å². The van der Waals surface area contributed by atoms with Crippen molar-refractivity contribution in [1.29, 1.82) is 0 Å². The molecule has 0 aliphatic carbocycles. The summed E-state index contributed by atoms with van der Waals surface area (Å²) in [4.78, 5) is 2.19. The van der Waals surface area contributed by atoms with Gasteiger partial charge in [-0.05, 0) is 78.1 Å². The van der Waals surface area contributed by atoms with Crippen LogP contribution in [0.4, 0.5) is 10.1 Å². The summed E-state index contributed by atoms with van der Waals surface area (Å²) in [6.07, 6.45) is 3.87. The number of benzene rings is 3. The number of nitrogens with zero attached hydrogens (tertiary/aromatic N) is 2. The molecule has 0 atom stereocenters. The summed E-state index contributed by atoms with van der Waals surface area (Å²) >= 11 is 12.2. The number of hydrogen-bond acceptors (Lipinski definition) is 1. The smallest absolute Gasteiger partial charge is 0.173 e. The summed E-state index contributed by atoms with van der Waals surface area (Å²) in [7, 11) is 0. The monoisotopic (exact) mass is 505 g/mol. The maximum atomic E-state index is 13.5. The van der Waals surface area contributed by atoms with E-state index in [2.05, 4.69) is 70.2 Å². The van der Waals surface area contributed by atoms with E-state index in [-0.39, 0.29) is 5.82 Å². The van der Waals surface area contributed by atoms with E-state index in [1.165, 1.54) is 23.3 Å². The third kappa shape index (κ3) is 6.93. The molecule has 0 aliphatic heterocycles. The van der Waals surface area contributed by atoms with Gasteiger partial charge in [-0.2, -0.15) is 0 Å². The molecule has 1 N–H and O–H groups in total. The second-order valence-electron chi connectivity index (χ2n) is 8.50. The molecule has 0 unspecified atom stereocenters. The molecule has 4 rings (SSSR count). The first kappa shape index (κ1) is 25.0. The van der Waals surface area contributed by atoms with E-state index < -0.39 is 0 Å². The van der Waals surface area contributed by atoms with Crippen LogP contribution in [0.3, 0.4) is 0 Å². The van der Waals surface area contributed by atoms with Gasteiger partial charge in [0.15, 0.2) is 5.11 Å². The van der Waals surface area contributed by atoms with Crippen LogP contribution in [0.1, 0.15) is 29.3 Å². The molecule has 3 aromatic carbocycles. The molecule has 0 radical (unpaired) electrons. The van der Waals surface area contributed by atoms with Gasteiger partial charge in [-0.25, -0.2) is 4.39 Å². The lowest BCUT2D eigenvalue weighted by molar-refractivity contribution is 0.409. The molecule has 1 aromatic heterocycles. The molecular formula is C29H29ClFN3S. The highest BCUT2D eigenvalue weighted by atomic mass is 35.5. The Morgan fingerprint density at radius 1 is 0.971 bits per heavy atom. The fourth-order valence-electron chi connectivity index (χ4n) is 4.01. The zero-order chi connectivity index (χ0) is 24.6. The zero-order valence-corrected chi connectivity index (χ0v) is 21.3. The van der Waals surface area contributed by atoms with Crippen molar-refractivity contribution < 1.29 is 4.39 Å². The fourth-order valence-corrected chi connectivity index (χ4v) is 4.51. The van der Waals surface area contributed by atoms with Gasteiger partial charge in [-0.1, -0.05) is 67.1 Å². The SMILES string of the molecule is CCc1cccc(NC(=S)N(CCc2ccccc2)Cc2cccn2Cc2ccc(F)cc2Cl)c1. The Balaban J connectivity index is 1.53. The van der Waals surface area contributed by atoms with Crippen molar-refractivity contribution in [1.82, 2.24) is 9.47 Å². The Labute approximate surface area is 217 Å². The van der Waals surface area contributed by atoms with Crippen LogP contribution in [-0.2, 0) is 25.9 Å². The van der Waals surface area contributed by atoms with Gasteiger partial charge in [-0.15, -0.1) is 0 Å². The predicted octanol–water partition coefficient (Wildman–Crippen LogP) is 7.33. The topological polar surface area (TPSA) is 20.2 Å². The molecule has 0 aliphatic rings. The number of aromatic nitrogens is 1. The minimum Gasteiger partial charge on any atom is -0.345 e. The Morgan fingerprint density at radius 2 is 1.77 bits per heavy atom. The third-order valence-corrected chi connectivity index (χ3v) is 6.73. The van der Waals surface area contributed by atoms with E-state index in [9.17, 15) is 4.39 Å². The van der Waals surface area contributed by atoms with Crippen molar-refractivity contribution in [2.24, 2.45) is 0 Å². The van der Waals surface area contributed by atoms with Crippen molar-refractivity contribution in [2.75, 3.05) is 11.9 Å². The standard InChI is InChI=1S/C29H29ClFN3S/c1-2-22-10-6-11-26(18-22)32-29(35)34(17-15-23-8-4-3-5-9-23)21-27-12-7-16-33(27)20-24-13-14-25(31)19-28(24)30/h3-14,16,18-19H,2,15,17,20-21H2,1H3,(H,32,35). The maximum absolute atomic E-state index is 13.5. The molecular weight excluding hydrogens is 477 g/mol. The van der Waals surface area contributed by atoms with Crippen LogP contribution < -0.4 is 5.32 Å². The van der Waals surface area contributed by atoms with Crippen LogP contribution in [0.15, 0.2) is 91.1 Å². The van der Waals surface area contributed by atoms with E-state index >= 15 is 0 Å². The minimum absolute atomic E-state index is 0.331. The number of rotatable bonds is 9. The summed E-state index contributed by atoms with van der Waals surface area (Å²) in [5, 5.41) is 4.55. The van der Waals surface area contributed by atoms with Crippen molar-refractivity contribution in [3.05, 3.63) is 124 Å². The van der Waals surface area contributed by atoms with E-state index in [0.29, 0.717) is 23.2 Å².